The quantitative estimate of drug-likeness (QED) is 0.189. The van der Waals surface area contributed by atoms with E-state index in [4.69, 9.17) is 0 Å². The Balaban J connectivity index is 1.02. The van der Waals surface area contributed by atoms with Crippen molar-refractivity contribution >= 4 is 17.8 Å². The van der Waals surface area contributed by atoms with Gasteiger partial charge in [-0.25, -0.2) is 0 Å². The van der Waals surface area contributed by atoms with Gasteiger partial charge in [0.25, 0.3) is 5.91 Å². The molecular weight excluding hydrogens is 673 g/mol. The van der Waals surface area contributed by atoms with Crippen molar-refractivity contribution < 1.29 is 24.6 Å². The van der Waals surface area contributed by atoms with E-state index in [-0.39, 0.29) is 50.9 Å². The number of carboxylic acid groups (broad SMARTS) is 1. The summed E-state index contributed by atoms with van der Waals surface area (Å²) < 4.78 is 0. The fourth-order valence-electron chi connectivity index (χ4n) is 14.8. The Hall–Kier alpha value is -2.67. The SMILES string of the molecule is C=C(C)C1CC[C@]2(C(=O)NCCc3cccc(C(=O)NCC4CCC(C(=O)O)CC4)c3)CC[C@]3(C)C(CCC4[C@@]5(C)CC[C@H](O)C(C)(C)C5CC[C@]43C)C12. The minimum absolute atomic E-state index is 0.0543. The number of rotatable bonds is 9. The Kier molecular flexibility index (Phi) is 10.5. The number of fused-ring (bicyclic) bond motifs is 7. The Morgan fingerprint density at radius 1 is 0.815 bits per heavy atom. The summed E-state index contributed by atoms with van der Waals surface area (Å²) in [5, 5.41) is 26.9. The van der Waals surface area contributed by atoms with E-state index in [1.807, 2.05) is 24.3 Å². The smallest absolute Gasteiger partial charge is 0.306 e. The van der Waals surface area contributed by atoms with Gasteiger partial charge < -0.3 is 20.8 Å². The third-order valence-electron chi connectivity index (χ3n) is 18.1. The molecule has 54 heavy (non-hydrogen) atoms. The summed E-state index contributed by atoms with van der Waals surface area (Å²) >= 11 is 0. The van der Waals surface area contributed by atoms with Gasteiger partial charge in [0.2, 0.25) is 5.91 Å². The molecule has 6 aliphatic rings. The Labute approximate surface area is 325 Å². The number of nitrogens with one attached hydrogen (secondary N) is 2. The normalized spacial score (nSPS) is 42.4. The van der Waals surface area contributed by atoms with Gasteiger partial charge in [-0.15, -0.1) is 0 Å². The van der Waals surface area contributed by atoms with Gasteiger partial charge in [0.05, 0.1) is 17.4 Å². The molecule has 1 aromatic rings. The number of hydrogen-bond acceptors (Lipinski definition) is 4. The highest BCUT2D eigenvalue weighted by molar-refractivity contribution is 5.94. The highest BCUT2D eigenvalue weighted by atomic mass is 16.4. The molecule has 4 N–H and O–H groups in total. The highest BCUT2D eigenvalue weighted by Crippen LogP contribution is 2.77. The van der Waals surface area contributed by atoms with Crippen LogP contribution in [0.5, 0.6) is 0 Å². The summed E-state index contributed by atoms with van der Waals surface area (Å²) in [6, 6.07) is 7.76. The maximum atomic E-state index is 14.6. The van der Waals surface area contributed by atoms with E-state index in [2.05, 4.69) is 58.8 Å². The van der Waals surface area contributed by atoms with Crippen LogP contribution in [-0.2, 0) is 16.0 Å². The molecule has 0 saturated heterocycles. The van der Waals surface area contributed by atoms with Crippen LogP contribution in [-0.4, -0.2) is 47.2 Å². The average molecular weight is 743 g/mol. The molecular formula is C47H70N2O5. The number of carbonyl (C=O) groups excluding carboxylic acids is 2. The molecule has 7 heteroatoms. The molecule has 6 aliphatic carbocycles. The van der Waals surface area contributed by atoms with Gasteiger partial charge in [-0.05, 0) is 178 Å². The van der Waals surface area contributed by atoms with E-state index < -0.39 is 5.97 Å². The number of carboxylic acids is 1. The van der Waals surface area contributed by atoms with Crippen LogP contribution in [0, 0.1) is 68.5 Å². The molecule has 2 amide bonds. The molecule has 298 valence electrons. The van der Waals surface area contributed by atoms with Gasteiger partial charge in [0.1, 0.15) is 0 Å². The first-order valence-corrected chi connectivity index (χ1v) is 21.7. The van der Waals surface area contributed by atoms with Crippen LogP contribution in [0.15, 0.2) is 36.4 Å². The third-order valence-corrected chi connectivity index (χ3v) is 18.1. The fraction of sp³-hybridized carbons (Fsp3) is 0.766. The monoisotopic (exact) mass is 743 g/mol. The summed E-state index contributed by atoms with van der Waals surface area (Å²) in [7, 11) is 0. The molecule has 10 atom stereocenters. The van der Waals surface area contributed by atoms with Crippen molar-refractivity contribution in [3.05, 3.63) is 47.5 Å². The second-order valence-corrected chi connectivity index (χ2v) is 20.7. The number of aliphatic hydroxyl groups excluding tert-OH is 1. The van der Waals surface area contributed by atoms with Crippen molar-refractivity contribution in [2.75, 3.05) is 13.1 Å². The van der Waals surface area contributed by atoms with Crippen molar-refractivity contribution in [2.45, 2.75) is 144 Å². The van der Waals surface area contributed by atoms with Crippen LogP contribution in [0.1, 0.15) is 147 Å². The summed E-state index contributed by atoms with van der Waals surface area (Å²) in [4.78, 5) is 39.1. The zero-order valence-corrected chi connectivity index (χ0v) is 34.3. The van der Waals surface area contributed by atoms with Gasteiger partial charge in [-0.2, -0.15) is 0 Å². The van der Waals surface area contributed by atoms with Gasteiger partial charge in [-0.1, -0.05) is 58.9 Å². The molecule has 0 spiro atoms. The molecule has 7 nitrogen and oxygen atoms in total. The van der Waals surface area contributed by atoms with Crippen molar-refractivity contribution in [3.8, 4) is 0 Å². The van der Waals surface area contributed by atoms with E-state index in [1.54, 1.807) is 0 Å². The number of benzene rings is 1. The molecule has 0 aliphatic heterocycles. The van der Waals surface area contributed by atoms with Crippen molar-refractivity contribution in [1.29, 1.82) is 0 Å². The number of carbonyl (C=O) groups is 3. The van der Waals surface area contributed by atoms with Gasteiger partial charge in [0.15, 0.2) is 0 Å². The van der Waals surface area contributed by atoms with E-state index in [9.17, 15) is 24.6 Å². The standard InChI is InChI=1S/C47H70N2O5/c1-29(2)34-17-23-47(42(54)48-26-20-30-9-8-10-33(27-30)40(51)49-28-31-11-13-32(14-12-31)41(52)53)25-24-45(6)35(39(34)47)15-16-37-44(5)21-19-38(50)43(3,4)36(44)18-22-46(37,45)7/h8-10,27,31-32,34-39,50H,1,11-26,28H2,2-7H3,(H,48,54)(H,49,51)(H,52,53)/t31?,32?,34?,35?,36?,37?,38-,39?,44-,45+,46+,47-/m0/s1. The van der Waals surface area contributed by atoms with Gasteiger partial charge in [0, 0.05) is 18.7 Å². The molecule has 0 bridgehead atoms. The largest absolute Gasteiger partial charge is 0.481 e. The molecule has 1 aromatic carbocycles. The zero-order chi connectivity index (χ0) is 38.8. The van der Waals surface area contributed by atoms with Crippen LogP contribution in [0.25, 0.3) is 0 Å². The topological polar surface area (TPSA) is 116 Å². The molecule has 6 fully saturated rings. The van der Waals surface area contributed by atoms with Crippen molar-refractivity contribution in [2.24, 2.45) is 68.5 Å². The predicted octanol–water partition coefficient (Wildman–Crippen LogP) is 8.98. The van der Waals surface area contributed by atoms with E-state index in [0.29, 0.717) is 73.4 Å². The lowest BCUT2D eigenvalue weighted by atomic mass is 9.32. The number of allylic oxidation sites excluding steroid dienone is 1. The summed E-state index contributed by atoms with van der Waals surface area (Å²) in [6.45, 7) is 20.4. The first-order chi connectivity index (χ1) is 25.5. The first-order valence-electron chi connectivity index (χ1n) is 21.7. The minimum atomic E-state index is -0.707. The van der Waals surface area contributed by atoms with Crippen LogP contribution in [0.4, 0.5) is 0 Å². The van der Waals surface area contributed by atoms with Gasteiger partial charge in [-0.3, -0.25) is 14.4 Å². The van der Waals surface area contributed by atoms with E-state index in [1.165, 1.54) is 31.3 Å². The molecule has 0 heterocycles. The van der Waals surface area contributed by atoms with Crippen molar-refractivity contribution in [1.82, 2.24) is 10.6 Å². The zero-order valence-electron chi connectivity index (χ0n) is 34.3. The van der Waals surface area contributed by atoms with Crippen LogP contribution in [0.2, 0.25) is 0 Å². The van der Waals surface area contributed by atoms with E-state index in [0.717, 1.165) is 56.9 Å². The molecule has 0 aromatic heterocycles. The van der Waals surface area contributed by atoms with E-state index >= 15 is 0 Å². The summed E-state index contributed by atoms with van der Waals surface area (Å²) in [6.07, 6.45) is 14.3. The Morgan fingerprint density at radius 2 is 1.56 bits per heavy atom. The lowest BCUT2D eigenvalue weighted by molar-refractivity contribution is -0.246. The highest BCUT2D eigenvalue weighted by Gasteiger charge is 2.71. The van der Waals surface area contributed by atoms with Crippen molar-refractivity contribution in [3.63, 3.8) is 0 Å². The van der Waals surface area contributed by atoms with Crippen LogP contribution < -0.4 is 10.6 Å². The first kappa shape index (κ1) is 39.6. The number of hydrogen-bond donors (Lipinski definition) is 4. The summed E-state index contributed by atoms with van der Waals surface area (Å²) in [5.41, 5.74) is 3.10. The molecule has 6 saturated carbocycles. The lowest BCUT2D eigenvalue weighted by Crippen LogP contribution is -2.67. The predicted molar refractivity (Wildman–Crippen MR) is 214 cm³/mol. The third kappa shape index (κ3) is 6.29. The Morgan fingerprint density at radius 3 is 2.26 bits per heavy atom. The minimum Gasteiger partial charge on any atom is -0.481 e. The average Bonchev–Trinajstić information content (AvgIpc) is 3.54. The molecule has 0 radical (unpaired) electrons. The maximum absolute atomic E-state index is 14.6. The van der Waals surface area contributed by atoms with Crippen LogP contribution in [0.3, 0.4) is 0 Å². The lowest BCUT2D eigenvalue weighted by Gasteiger charge is -2.72. The second kappa shape index (κ2) is 14.4. The fourth-order valence-corrected chi connectivity index (χ4v) is 14.8. The maximum Gasteiger partial charge on any atom is 0.306 e. The van der Waals surface area contributed by atoms with Gasteiger partial charge >= 0.3 is 5.97 Å². The summed E-state index contributed by atoms with van der Waals surface area (Å²) in [5.74, 6) is 1.86. The number of amides is 2. The molecule has 5 unspecified atom stereocenters. The number of aliphatic carboxylic acids is 1. The Bertz CT molecular complexity index is 1630. The molecule has 7 rings (SSSR count). The second-order valence-electron chi connectivity index (χ2n) is 20.7. The van der Waals surface area contributed by atoms with Crippen LogP contribution >= 0.6 is 0 Å². The number of aliphatic hydroxyl groups is 1.